The third kappa shape index (κ3) is 2.97. The first-order valence-electron chi connectivity index (χ1n) is 7.57. The molecule has 1 aromatic carbocycles. The van der Waals surface area contributed by atoms with Gasteiger partial charge in [0.25, 0.3) is 5.91 Å². The molecule has 0 spiro atoms. The van der Waals surface area contributed by atoms with Crippen LogP contribution in [0.2, 0.25) is 0 Å². The molecule has 0 fully saturated rings. The van der Waals surface area contributed by atoms with Crippen molar-refractivity contribution in [3.05, 3.63) is 59.9 Å². The second-order valence-electron chi connectivity index (χ2n) is 5.61. The third-order valence-electron chi connectivity index (χ3n) is 3.95. The smallest absolute Gasteiger partial charge is 0.409 e. The third-order valence-corrected chi connectivity index (χ3v) is 5.14. The molecule has 0 unspecified atom stereocenters. The van der Waals surface area contributed by atoms with Gasteiger partial charge in [0.2, 0.25) is 0 Å². The number of pyridine rings is 1. The Morgan fingerprint density at radius 3 is 2.72 bits per heavy atom. The van der Waals surface area contributed by atoms with Crippen LogP contribution < -0.4 is 10.6 Å². The van der Waals surface area contributed by atoms with Gasteiger partial charge < -0.3 is 10.4 Å². The Balaban J connectivity index is 1.65. The number of anilines is 1. The summed E-state index contributed by atoms with van der Waals surface area (Å²) in [5, 5.41) is 13.9. The number of carbonyl (C=O) groups is 2. The van der Waals surface area contributed by atoms with Gasteiger partial charge in [-0.3, -0.25) is 15.1 Å². The molecule has 1 aliphatic rings. The summed E-state index contributed by atoms with van der Waals surface area (Å²) in [7, 11) is 0. The number of aromatic nitrogens is 1. The quantitative estimate of drug-likeness (QED) is 0.669. The monoisotopic (exact) mass is 351 g/mol. The molecular weight excluding hydrogens is 338 g/mol. The van der Waals surface area contributed by atoms with Gasteiger partial charge in [-0.15, -0.1) is 11.3 Å². The topological polar surface area (TPSA) is 91.3 Å². The Kier molecular flexibility index (Phi) is 3.70. The number of rotatable bonds is 3. The number of hydrogen-bond acceptors (Lipinski definition) is 4. The van der Waals surface area contributed by atoms with Crippen LogP contribution in [-0.4, -0.2) is 22.1 Å². The lowest BCUT2D eigenvalue weighted by atomic mass is 10.1. The predicted octanol–water partition coefficient (Wildman–Crippen LogP) is 3.81. The van der Waals surface area contributed by atoms with E-state index < -0.39 is 6.09 Å². The van der Waals surface area contributed by atoms with Crippen LogP contribution in [0.25, 0.3) is 20.9 Å². The van der Waals surface area contributed by atoms with Crippen molar-refractivity contribution in [1.82, 2.24) is 10.3 Å². The Hall–Kier alpha value is -3.19. The van der Waals surface area contributed by atoms with Crippen LogP contribution in [0.4, 0.5) is 10.5 Å². The first-order valence-corrected chi connectivity index (χ1v) is 8.38. The second kappa shape index (κ2) is 6.03. The molecule has 0 aliphatic carbocycles. The SMILES string of the molecule is O=C(O)Nc1cncc(-c2ccc(-c3ccc4c(c3)CNC4=O)s2)c1. The molecule has 1 aliphatic heterocycles. The highest BCUT2D eigenvalue weighted by atomic mass is 32.1. The van der Waals surface area contributed by atoms with E-state index in [1.807, 2.05) is 30.3 Å². The average Bonchev–Trinajstić information content (AvgIpc) is 3.22. The predicted molar refractivity (Wildman–Crippen MR) is 95.8 cm³/mol. The standard InChI is InChI=1S/C18H13N3O3S/c22-17-14-2-1-10(5-11(14)8-20-17)15-3-4-16(25-15)12-6-13(9-19-7-12)21-18(23)24/h1-7,9,21H,8H2,(H,20,22)(H,23,24). The molecule has 2 aromatic heterocycles. The van der Waals surface area contributed by atoms with Gasteiger partial charge in [0.05, 0.1) is 11.9 Å². The minimum atomic E-state index is -1.12. The van der Waals surface area contributed by atoms with Crippen molar-refractivity contribution >= 4 is 29.0 Å². The minimum absolute atomic E-state index is 0.0257. The second-order valence-corrected chi connectivity index (χ2v) is 6.69. The Labute approximate surface area is 147 Å². The Morgan fingerprint density at radius 1 is 1.12 bits per heavy atom. The normalized spacial score (nSPS) is 12.6. The van der Waals surface area contributed by atoms with E-state index in [9.17, 15) is 9.59 Å². The first kappa shape index (κ1) is 15.3. The largest absolute Gasteiger partial charge is 0.465 e. The van der Waals surface area contributed by atoms with Crippen molar-refractivity contribution in [2.75, 3.05) is 5.32 Å². The number of thiophene rings is 1. The van der Waals surface area contributed by atoms with E-state index >= 15 is 0 Å². The molecule has 6 nitrogen and oxygen atoms in total. The van der Waals surface area contributed by atoms with E-state index in [2.05, 4.69) is 15.6 Å². The summed E-state index contributed by atoms with van der Waals surface area (Å²) < 4.78 is 0. The highest BCUT2D eigenvalue weighted by Gasteiger charge is 2.19. The zero-order chi connectivity index (χ0) is 17.4. The van der Waals surface area contributed by atoms with E-state index in [0.29, 0.717) is 12.2 Å². The number of carboxylic acid groups (broad SMARTS) is 1. The van der Waals surface area contributed by atoms with Crippen LogP contribution in [0.15, 0.2) is 48.8 Å². The number of hydrogen-bond donors (Lipinski definition) is 3. The van der Waals surface area contributed by atoms with Crippen molar-refractivity contribution in [2.24, 2.45) is 0 Å². The Bertz CT molecular complexity index is 997. The zero-order valence-electron chi connectivity index (χ0n) is 12.9. The number of amides is 2. The zero-order valence-corrected chi connectivity index (χ0v) is 13.8. The summed E-state index contributed by atoms with van der Waals surface area (Å²) >= 11 is 1.59. The number of nitrogens with one attached hydrogen (secondary N) is 2. The van der Waals surface area contributed by atoms with Crippen LogP contribution >= 0.6 is 11.3 Å². The molecule has 124 valence electrons. The molecule has 0 bridgehead atoms. The van der Waals surface area contributed by atoms with Gasteiger partial charge in [-0.2, -0.15) is 0 Å². The number of benzene rings is 1. The lowest BCUT2D eigenvalue weighted by Crippen LogP contribution is -2.12. The summed E-state index contributed by atoms with van der Waals surface area (Å²) in [6.45, 7) is 0.563. The highest BCUT2D eigenvalue weighted by molar-refractivity contribution is 7.18. The van der Waals surface area contributed by atoms with Crippen molar-refractivity contribution in [3.63, 3.8) is 0 Å². The van der Waals surface area contributed by atoms with Gasteiger partial charge in [0.1, 0.15) is 0 Å². The molecule has 3 N–H and O–H groups in total. The minimum Gasteiger partial charge on any atom is -0.465 e. The van der Waals surface area contributed by atoms with Gasteiger partial charge in [-0.1, -0.05) is 6.07 Å². The summed E-state index contributed by atoms with van der Waals surface area (Å²) in [6.07, 6.45) is 2.05. The summed E-state index contributed by atoms with van der Waals surface area (Å²) in [5.74, 6) is -0.0257. The van der Waals surface area contributed by atoms with E-state index in [1.54, 1.807) is 23.6 Å². The molecule has 3 aromatic rings. The van der Waals surface area contributed by atoms with Gasteiger partial charge >= 0.3 is 6.09 Å². The maximum Gasteiger partial charge on any atom is 0.409 e. The average molecular weight is 351 g/mol. The molecule has 0 atom stereocenters. The fourth-order valence-electron chi connectivity index (χ4n) is 2.80. The number of fused-ring (bicyclic) bond motifs is 1. The van der Waals surface area contributed by atoms with Crippen LogP contribution in [0, 0.1) is 0 Å². The molecule has 4 rings (SSSR count). The molecule has 0 saturated heterocycles. The summed E-state index contributed by atoms with van der Waals surface area (Å²) in [5.41, 5.74) is 4.07. The van der Waals surface area contributed by atoms with Crippen molar-refractivity contribution < 1.29 is 14.7 Å². The molecule has 25 heavy (non-hydrogen) atoms. The summed E-state index contributed by atoms with van der Waals surface area (Å²) in [6, 6.07) is 11.6. The molecule has 0 saturated carbocycles. The van der Waals surface area contributed by atoms with Gasteiger partial charge in [-0.25, -0.2) is 4.79 Å². The lowest BCUT2D eigenvalue weighted by Gasteiger charge is -2.03. The van der Waals surface area contributed by atoms with Gasteiger partial charge in [0.15, 0.2) is 0 Å². The Morgan fingerprint density at radius 2 is 1.92 bits per heavy atom. The van der Waals surface area contributed by atoms with Crippen molar-refractivity contribution in [2.45, 2.75) is 6.54 Å². The molecule has 2 amide bonds. The first-order chi connectivity index (χ1) is 12.1. The van der Waals surface area contributed by atoms with E-state index in [4.69, 9.17) is 5.11 Å². The fraction of sp³-hybridized carbons (Fsp3) is 0.0556. The van der Waals surface area contributed by atoms with Crippen LogP contribution in [0.1, 0.15) is 15.9 Å². The number of carbonyl (C=O) groups excluding carboxylic acids is 1. The molecular formula is C18H13N3O3S. The van der Waals surface area contributed by atoms with E-state index in [-0.39, 0.29) is 5.91 Å². The highest BCUT2D eigenvalue weighted by Crippen LogP contribution is 2.36. The molecule has 0 radical (unpaired) electrons. The van der Waals surface area contributed by atoms with Crippen LogP contribution in [0.5, 0.6) is 0 Å². The fourth-order valence-corrected chi connectivity index (χ4v) is 3.78. The number of nitrogens with zero attached hydrogens (tertiary/aromatic N) is 1. The van der Waals surface area contributed by atoms with Gasteiger partial charge in [0, 0.05) is 33.6 Å². The summed E-state index contributed by atoms with van der Waals surface area (Å²) in [4.78, 5) is 28.6. The van der Waals surface area contributed by atoms with Crippen LogP contribution in [0.3, 0.4) is 0 Å². The maximum atomic E-state index is 11.6. The lowest BCUT2D eigenvalue weighted by molar-refractivity contribution is 0.0965. The van der Waals surface area contributed by atoms with Crippen LogP contribution in [-0.2, 0) is 6.54 Å². The molecule has 3 heterocycles. The van der Waals surface area contributed by atoms with E-state index in [1.165, 1.54) is 6.20 Å². The van der Waals surface area contributed by atoms with E-state index in [0.717, 1.165) is 32.0 Å². The molecule has 7 heteroatoms. The van der Waals surface area contributed by atoms with Crippen molar-refractivity contribution in [1.29, 1.82) is 0 Å². The van der Waals surface area contributed by atoms with Gasteiger partial charge in [-0.05, 0) is 41.5 Å². The maximum absolute atomic E-state index is 11.6. The van der Waals surface area contributed by atoms with Crippen molar-refractivity contribution in [3.8, 4) is 20.9 Å².